The molecule has 0 saturated heterocycles. The number of amides is 1. The molecule has 2 N–H and O–H groups in total. The number of rotatable bonds is 5. The Morgan fingerprint density at radius 1 is 1.12 bits per heavy atom. The second-order valence-corrected chi connectivity index (χ2v) is 6.19. The van der Waals surface area contributed by atoms with E-state index in [1.54, 1.807) is 0 Å². The van der Waals surface area contributed by atoms with E-state index in [2.05, 4.69) is 21.6 Å². The zero-order valence-corrected chi connectivity index (χ0v) is 13.3. The number of aromatic nitrogens is 2. The molecule has 4 heteroatoms. The van der Waals surface area contributed by atoms with Gasteiger partial charge >= 0.3 is 0 Å². The van der Waals surface area contributed by atoms with Crippen molar-refractivity contribution in [3.8, 4) is 11.1 Å². The molecule has 0 spiro atoms. The molecular formula is C20H18N3O. The minimum absolute atomic E-state index is 0.0501. The summed E-state index contributed by atoms with van der Waals surface area (Å²) in [5.74, 6) is 1.16. The fraction of sp³-hybridized carbons (Fsp3) is 0.200. The molecule has 119 valence electrons. The lowest BCUT2D eigenvalue weighted by Gasteiger charge is -2.05. The summed E-state index contributed by atoms with van der Waals surface area (Å²) in [6.45, 7) is 0. The molecule has 0 unspecified atom stereocenters. The van der Waals surface area contributed by atoms with Crippen LogP contribution in [0.15, 0.2) is 54.6 Å². The summed E-state index contributed by atoms with van der Waals surface area (Å²) in [5, 5.41) is 10.0. The smallest absolute Gasteiger partial charge is 0.229 e. The number of H-pyrrole nitrogens is 1. The molecule has 0 bridgehead atoms. The summed E-state index contributed by atoms with van der Waals surface area (Å²) in [5.41, 5.74) is 4.38. The largest absolute Gasteiger partial charge is 0.309 e. The van der Waals surface area contributed by atoms with E-state index < -0.39 is 0 Å². The number of hydrogen-bond donors (Lipinski definition) is 2. The monoisotopic (exact) mass is 316 g/mol. The van der Waals surface area contributed by atoms with Gasteiger partial charge in [0.2, 0.25) is 5.91 Å². The Kier molecular flexibility index (Phi) is 3.87. The summed E-state index contributed by atoms with van der Waals surface area (Å²) in [4.78, 5) is 12.2. The van der Waals surface area contributed by atoms with Crippen molar-refractivity contribution in [1.29, 1.82) is 0 Å². The van der Waals surface area contributed by atoms with Gasteiger partial charge in [0, 0.05) is 17.7 Å². The van der Waals surface area contributed by atoms with Crippen LogP contribution >= 0.6 is 0 Å². The van der Waals surface area contributed by atoms with E-state index in [0.717, 1.165) is 22.4 Å². The molecule has 1 heterocycles. The van der Waals surface area contributed by atoms with Crippen LogP contribution < -0.4 is 5.32 Å². The molecule has 1 fully saturated rings. The molecule has 24 heavy (non-hydrogen) atoms. The first-order valence-electron chi connectivity index (χ1n) is 8.18. The number of nitrogens with zero attached hydrogens (tertiary/aromatic N) is 1. The maximum absolute atomic E-state index is 12.2. The molecule has 3 aromatic rings. The van der Waals surface area contributed by atoms with Crippen LogP contribution in [-0.4, -0.2) is 16.1 Å². The van der Waals surface area contributed by atoms with E-state index >= 15 is 0 Å². The van der Waals surface area contributed by atoms with Gasteiger partial charge in [-0.3, -0.25) is 9.89 Å². The highest BCUT2D eigenvalue weighted by Crippen LogP contribution is 2.39. The Hall–Kier alpha value is -2.88. The van der Waals surface area contributed by atoms with E-state index in [9.17, 15) is 4.79 Å². The number of hydrogen-bond acceptors (Lipinski definition) is 2. The zero-order chi connectivity index (χ0) is 16.4. The van der Waals surface area contributed by atoms with Crippen molar-refractivity contribution in [2.45, 2.75) is 25.2 Å². The highest BCUT2D eigenvalue weighted by molar-refractivity contribution is 5.91. The van der Waals surface area contributed by atoms with E-state index in [1.807, 2.05) is 54.6 Å². The molecule has 1 aromatic heterocycles. The third-order valence-electron chi connectivity index (χ3n) is 4.25. The van der Waals surface area contributed by atoms with E-state index in [0.29, 0.717) is 18.2 Å². The fourth-order valence-electron chi connectivity index (χ4n) is 2.77. The molecule has 4 rings (SSSR count). The molecule has 1 radical (unpaired) electrons. The third-order valence-corrected chi connectivity index (χ3v) is 4.25. The van der Waals surface area contributed by atoms with Crippen molar-refractivity contribution in [3.05, 3.63) is 71.9 Å². The Balaban J connectivity index is 1.38. The van der Waals surface area contributed by atoms with Gasteiger partial charge in [-0.1, -0.05) is 48.5 Å². The van der Waals surface area contributed by atoms with Crippen LogP contribution in [0.1, 0.15) is 30.0 Å². The van der Waals surface area contributed by atoms with Crippen molar-refractivity contribution in [2.75, 3.05) is 5.32 Å². The van der Waals surface area contributed by atoms with Crippen molar-refractivity contribution in [1.82, 2.24) is 10.2 Å². The average Bonchev–Trinajstić information content (AvgIpc) is 3.36. The minimum atomic E-state index is -0.0501. The first-order valence-corrected chi connectivity index (χ1v) is 8.18. The number of carbonyl (C=O) groups excluding carboxylic acids is 1. The number of nitrogens with one attached hydrogen (secondary N) is 2. The second-order valence-electron chi connectivity index (χ2n) is 6.19. The number of benzene rings is 2. The van der Waals surface area contributed by atoms with Gasteiger partial charge in [0.15, 0.2) is 5.82 Å². The van der Waals surface area contributed by atoms with Crippen LogP contribution in [0.4, 0.5) is 5.82 Å². The molecule has 1 saturated carbocycles. The highest BCUT2D eigenvalue weighted by atomic mass is 16.1. The topological polar surface area (TPSA) is 57.8 Å². The minimum Gasteiger partial charge on any atom is -0.309 e. The van der Waals surface area contributed by atoms with Crippen LogP contribution in [0.25, 0.3) is 11.1 Å². The second kappa shape index (κ2) is 6.32. The number of anilines is 1. The Labute approximate surface area is 140 Å². The van der Waals surface area contributed by atoms with E-state index in [1.165, 1.54) is 12.8 Å². The van der Waals surface area contributed by atoms with E-state index in [4.69, 9.17) is 0 Å². The maximum Gasteiger partial charge on any atom is 0.229 e. The normalized spacial score (nSPS) is 13.7. The van der Waals surface area contributed by atoms with Crippen molar-refractivity contribution < 1.29 is 4.79 Å². The molecular weight excluding hydrogens is 298 g/mol. The van der Waals surface area contributed by atoms with Crippen molar-refractivity contribution in [3.63, 3.8) is 0 Å². The predicted molar refractivity (Wildman–Crippen MR) is 93.6 cm³/mol. The van der Waals surface area contributed by atoms with Crippen LogP contribution in [0, 0.1) is 6.07 Å². The lowest BCUT2D eigenvalue weighted by Crippen LogP contribution is -2.14. The van der Waals surface area contributed by atoms with Crippen LogP contribution in [0.5, 0.6) is 0 Å². The fourth-order valence-corrected chi connectivity index (χ4v) is 2.77. The van der Waals surface area contributed by atoms with Gasteiger partial charge in [-0.05, 0) is 35.6 Å². The summed E-state index contributed by atoms with van der Waals surface area (Å²) in [6.07, 6.45) is 2.76. The van der Waals surface area contributed by atoms with Gasteiger partial charge < -0.3 is 5.32 Å². The van der Waals surface area contributed by atoms with Gasteiger partial charge in [-0.15, -0.1) is 0 Å². The van der Waals surface area contributed by atoms with Crippen molar-refractivity contribution >= 4 is 11.7 Å². The van der Waals surface area contributed by atoms with Gasteiger partial charge in [0.25, 0.3) is 0 Å². The SMILES string of the molecule is O=C(Cc1ccc(-c2cc[c]cc2)cc1)Nc1cc(C2CC2)[nH]n1. The first kappa shape index (κ1) is 14.7. The molecule has 1 aliphatic carbocycles. The third kappa shape index (κ3) is 3.38. The first-order chi connectivity index (χ1) is 11.8. The summed E-state index contributed by atoms with van der Waals surface area (Å²) in [7, 11) is 0. The quantitative estimate of drug-likeness (QED) is 0.749. The average molecular weight is 316 g/mol. The van der Waals surface area contributed by atoms with Crippen molar-refractivity contribution in [2.24, 2.45) is 0 Å². The molecule has 1 amide bonds. The summed E-state index contributed by atoms with van der Waals surface area (Å²) >= 11 is 0. The van der Waals surface area contributed by atoms with Gasteiger partial charge in [-0.2, -0.15) is 5.10 Å². The summed E-state index contributed by atoms with van der Waals surface area (Å²) in [6, 6.07) is 20.9. The predicted octanol–water partition coefficient (Wildman–Crippen LogP) is 3.94. The Morgan fingerprint density at radius 2 is 1.83 bits per heavy atom. The van der Waals surface area contributed by atoms with Crippen LogP contribution in [0.3, 0.4) is 0 Å². The highest BCUT2D eigenvalue weighted by Gasteiger charge is 2.25. The lowest BCUT2D eigenvalue weighted by molar-refractivity contribution is -0.115. The van der Waals surface area contributed by atoms with Gasteiger partial charge in [0.1, 0.15) is 0 Å². The van der Waals surface area contributed by atoms with E-state index in [-0.39, 0.29) is 5.91 Å². The Morgan fingerprint density at radius 3 is 2.54 bits per heavy atom. The molecule has 2 aromatic carbocycles. The molecule has 0 aliphatic heterocycles. The van der Waals surface area contributed by atoms with Crippen LogP contribution in [-0.2, 0) is 11.2 Å². The standard InChI is InChI=1S/C20H18N3O/c24-20(21-19-13-18(22-23-19)17-10-11-17)12-14-6-8-16(9-7-14)15-4-2-1-3-5-15/h2-9,13,17H,10-12H2,(H2,21,22,23,24). The Bertz CT molecular complexity index is 833. The molecule has 4 nitrogen and oxygen atoms in total. The summed E-state index contributed by atoms with van der Waals surface area (Å²) < 4.78 is 0. The lowest BCUT2D eigenvalue weighted by atomic mass is 10.0. The molecule has 1 aliphatic rings. The number of aromatic amines is 1. The van der Waals surface area contributed by atoms with Gasteiger partial charge in [0.05, 0.1) is 6.42 Å². The maximum atomic E-state index is 12.2. The zero-order valence-electron chi connectivity index (χ0n) is 13.3. The number of carbonyl (C=O) groups is 1. The van der Waals surface area contributed by atoms with Crippen LogP contribution in [0.2, 0.25) is 0 Å². The van der Waals surface area contributed by atoms with Gasteiger partial charge in [-0.25, -0.2) is 0 Å². The molecule has 0 atom stereocenters.